The van der Waals surface area contributed by atoms with Crippen molar-refractivity contribution in [1.29, 1.82) is 0 Å². The van der Waals surface area contributed by atoms with E-state index in [0.717, 1.165) is 11.1 Å². The number of hydrogen-bond acceptors (Lipinski definition) is 3. The third kappa shape index (κ3) is 3.42. The van der Waals surface area contributed by atoms with Gasteiger partial charge >= 0.3 is 6.03 Å². The van der Waals surface area contributed by atoms with Gasteiger partial charge in [0.05, 0.1) is 12.6 Å². The fourth-order valence-corrected chi connectivity index (χ4v) is 3.53. The van der Waals surface area contributed by atoms with Gasteiger partial charge in [-0.3, -0.25) is 4.90 Å². The Morgan fingerprint density at radius 3 is 1.88 bits per heavy atom. The maximum Gasteiger partial charge on any atom is 0.323 e. The van der Waals surface area contributed by atoms with E-state index in [0.29, 0.717) is 18.8 Å². The van der Waals surface area contributed by atoms with Crippen LogP contribution in [0.3, 0.4) is 0 Å². The second-order valence-electron chi connectivity index (χ2n) is 5.89. The van der Waals surface area contributed by atoms with Crippen LogP contribution in [0.5, 0.6) is 0 Å². The molecular weight excluding hydrogens is 320 g/mol. The molecule has 2 amide bonds. The molecule has 2 aromatic rings. The number of nitrogens with zero attached hydrogens (tertiary/aromatic N) is 2. The minimum atomic E-state index is -0.293. The second-order valence-corrected chi connectivity index (χ2v) is 6.25. The Bertz CT molecular complexity index is 608. The Morgan fingerprint density at radius 2 is 1.42 bits per heavy atom. The predicted molar refractivity (Wildman–Crippen MR) is 97.8 cm³/mol. The van der Waals surface area contributed by atoms with Gasteiger partial charge in [-0.15, -0.1) is 0 Å². The molecule has 0 saturated carbocycles. The summed E-state index contributed by atoms with van der Waals surface area (Å²) in [6, 6.07) is 19.9. The van der Waals surface area contributed by atoms with Gasteiger partial charge in [0.25, 0.3) is 0 Å². The second kappa shape index (κ2) is 7.73. The standard InChI is InChI=1S/C19H22N2O2S/c1-23-18-17(14-24)20(12-15-8-4-2-5-9-15)19(22)21(18)13-16-10-6-3-7-11-16/h2-11,17-18,24H,12-14H2,1H3. The molecule has 4 nitrogen and oxygen atoms in total. The summed E-state index contributed by atoms with van der Waals surface area (Å²) in [5.74, 6) is 0.558. The molecule has 1 aliphatic heterocycles. The molecule has 0 N–H and O–H groups in total. The van der Waals surface area contributed by atoms with Crippen molar-refractivity contribution >= 4 is 18.7 Å². The monoisotopic (exact) mass is 342 g/mol. The summed E-state index contributed by atoms with van der Waals surface area (Å²) >= 11 is 4.46. The lowest BCUT2D eigenvalue weighted by molar-refractivity contribution is -0.00716. The molecule has 1 fully saturated rings. The van der Waals surface area contributed by atoms with E-state index in [1.165, 1.54) is 0 Å². The van der Waals surface area contributed by atoms with Crippen molar-refractivity contribution in [3.8, 4) is 0 Å². The van der Waals surface area contributed by atoms with Gasteiger partial charge in [-0.1, -0.05) is 60.7 Å². The van der Waals surface area contributed by atoms with E-state index < -0.39 is 0 Å². The normalized spacial score (nSPS) is 20.7. The first-order valence-corrected chi connectivity index (χ1v) is 8.66. The molecule has 2 aromatic carbocycles. The summed E-state index contributed by atoms with van der Waals surface area (Å²) in [5, 5.41) is 0. The van der Waals surface area contributed by atoms with Crippen molar-refractivity contribution in [1.82, 2.24) is 9.80 Å². The molecule has 24 heavy (non-hydrogen) atoms. The maximum atomic E-state index is 13.0. The molecule has 126 valence electrons. The third-order valence-electron chi connectivity index (χ3n) is 4.35. The van der Waals surface area contributed by atoms with E-state index in [9.17, 15) is 4.79 Å². The molecule has 5 heteroatoms. The number of rotatable bonds is 6. The van der Waals surface area contributed by atoms with E-state index >= 15 is 0 Å². The molecule has 0 spiro atoms. The summed E-state index contributed by atoms with van der Waals surface area (Å²) in [6.45, 7) is 1.10. The third-order valence-corrected chi connectivity index (χ3v) is 4.72. The highest BCUT2D eigenvalue weighted by atomic mass is 32.1. The van der Waals surface area contributed by atoms with Crippen LogP contribution >= 0.6 is 12.6 Å². The average molecular weight is 342 g/mol. The first-order chi connectivity index (χ1) is 11.7. The van der Waals surface area contributed by atoms with Gasteiger partial charge in [-0.2, -0.15) is 12.6 Å². The largest absolute Gasteiger partial charge is 0.359 e. The lowest BCUT2D eigenvalue weighted by Crippen LogP contribution is -2.39. The smallest absolute Gasteiger partial charge is 0.323 e. The van der Waals surface area contributed by atoms with Crippen LogP contribution in [0.15, 0.2) is 60.7 Å². The van der Waals surface area contributed by atoms with Gasteiger partial charge in [0.1, 0.15) is 0 Å². The number of methoxy groups -OCH3 is 1. The summed E-state index contributed by atoms with van der Waals surface area (Å²) in [4.78, 5) is 16.6. The van der Waals surface area contributed by atoms with Crippen molar-refractivity contribution in [3.63, 3.8) is 0 Å². The SMILES string of the molecule is COC1C(CS)N(Cc2ccccc2)C(=O)N1Cc1ccccc1. The van der Waals surface area contributed by atoms with Crippen LogP contribution in [0, 0.1) is 0 Å². The van der Waals surface area contributed by atoms with E-state index in [1.807, 2.05) is 65.6 Å². The minimum absolute atomic E-state index is 0.00592. The Balaban J connectivity index is 1.83. The molecule has 1 aliphatic rings. The maximum absolute atomic E-state index is 13.0. The molecule has 1 saturated heterocycles. The van der Waals surface area contributed by atoms with E-state index in [4.69, 9.17) is 4.74 Å². The summed E-state index contributed by atoms with van der Waals surface area (Å²) in [6.07, 6.45) is -0.293. The molecule has 3 rings (SSSR count). The lowest BCUT2D eigenvalue weighted by atomic mass is 10.2. The van der Waals surface area contributed by atoms with Crippen LogP contribution in [0.1, 0.15) is 11.1 Å². The van der Waals surface area contributed by atoms with Crippen molar-refractivity contribution in [2.45, 2.75) is 25.4 Å². The highest BCUT2D eigenvalue weighted by Crippen LogP contribution is 2.28. The fourth-order valence-electron chi connectivity index (χ4n) is 3.15. The van der Waals surface area contributed by atoms with Crippen LogP contribution in [0.2, 0.25) is 0 Å². The number of carbonyl (C=O) groups is 1. The Morgan fingerprint density at radius 1 is 0.917 bits per heavy atom. The number of hydrogen-bond donors (Lipinski definition) is 1. The Kier molecular flexibility index (Phi) is 5.43. The van der Waals surface area contributed by atoms with Crippen molar-refractivity contribution in [2.24, 2.45) is 0 Å². The van der Waals surface area contributed by atoms with Crippen molar-refractivity contribution < 1.29 is 9.53 Å². The van der Waals surface area contributed by atoms with Crippen LogP contribution in [0.4, 0.5) is 4.79 Å². The first-order valence-electron chi connectivity index (χ1n) is 8.03. The molecule has 0 bridgehead atoms. The quantitative estimate of drug-likeness (QED) is 0.816. The van der Waals surface area contributed by atoms with Gasteiger partial charge < -0.3 is 9.64 Å². The average Bonchev–Trinajstić information content (AvgIpc) is 2.88. The zero-order chi connectivity index (χ0) is 16.9. The minimum Gasteiger partial charge on any atom is -0.359 e. The Labute approximate surface area is 148 Å². The van der Waals surface area contributed by atoms with Gasteiger partial charge in [0.15, 0.2) is 6.23 Å². The zero-order valence-corrected chi connectivity index (χ0v) is 14.6. The van der Waals surface area contributed by atoms with Gasteiger partial charge in [0, 0.05) is 19.4 Å². The first kappa shape index (κ1) is 16.9. The highest BCUT2D eigenvalue weighted by molar-refractivity contribution is 7.80. The van der Waals surface area contributed by atoms with Crippen molar-refractivity contribution in [3.05, 3.63) is 71.8 Å². The molecular formula is C19H22N2O2S. The topological polar surface area (TPSA) is 32.8 Å². The summed E-state index contributed by atoms with van der Waals surface area (Å²) < 4.78 is 5.65. The van der Waals surface area contributed by atoms with Crippen LogP contribution in [-0.4, -0.2) is 41.0 Å². The van der Waals surface area contributed by atoms with Crippen LogP contribution in [-0.2, 0) is 17.8 Å². The molecule has 0 aromatic heterocycles. The van der Waals surface area contributed by atoms with Gasteiger partial charge in [0.2, 0.25) is 0 Å². The fraction of sp³-hybridized carbons (Fsp3) is 0.316. The molecule has 2 unspecified atom stereocenters. The Hall–Kier alpha value is -1.98. The van der Waals surface area contributed by atoms with E-state index in [2.05, 4.69) is 12.6 Å². The van der Waals surface area contributed by atoms with E-state index in [-0.39, 0.29) is 18.3 Å². The number of amides is 2. The molecule has 2 atom stereocenters. The number of benzene rings is 2. The zero-order valence-electron chi connectivity index (χ0n) is 13.7. The lowest BCUT2D eigenvalue weighted by Gasteiger charge is -2.25. The number of carbonyl (C=O) groups excluding carboxylic acids is 1. The number of urea groups is 1. The molecule has 1 heterocycles. The van der Waals surface area contributed by atoms with Crippen LogP contribution < -0.4 is 0 Å². The van der Waals surface area contributed by atoms with Gasteiger partial charge in [-0.25, -0.2) is 4.79 Å². The summed E-state index contributed by atoms with van der Waals surface area (Å²) in [5.41, 5.74) is 2.20. The van der Waals surface area contributed by atoms with Crippen molar-refractivity contribution in [2.75, 3.05) is 12.9 Å². The van der Waals surface area contributed by atoms with Crippen LogP contribution in [0.25, 0.3) is 0 Å². The highest BCUT2D eigenvalue weighted by Gasteiger charge is 2.45. The molecule has 0 aliphatic carbocycles. The number of ether oxygens (including phenoxy) is 1. The predicted octanol–water partition coefficient (Wildman–Crippen LogP) is 3.40. The van der Waals surface area contributed by atoms with E-state index in [1.54, 1.807) is 12.0 Å². The number of thiol groups is 1. The molecule has 0 radical (unpaired) electrons. The summed E-state index contributed by atoms with van der Waals surface area (Å²) in [7, 11) is 1.65. The van der Waals surface area contributed by atoms with Gasteiger partial charge in [-0.05, 0) is 11.1 Å².